The molecule has 180 valence electrons. The molecule has 1 saturated heterocycles. The van der Waals surface area contributed by atoms with Gasteiger partial charge in [-0.2, -0.15) is 0 Å². The predicted molar refractivity (Wildman–Crippen MR) is 129 cm³/mol. The number of nitrogens with zero attached hydrogens (tertiary/aromatic N) is 4. The number of carbonyl (C=O) groups excluding carboxylic acids is 1. The zero-order valence-electron chi connectivity index (χ0n) is 19.7. The van der Waals surface area contributed by atoms with Crippen molar-refractivity contribution in [3.05, 3.63) is 71.5 Å². The van der Waals surface area contributed by atoms with Crippen LogP contribution in [0.1, 0.15) is 43.0 Å². The minimum Gasteiger partial charge on any atom is -0.385 e. The minimum absolute atomic E-state index is 0.0163. The monoisotopic (exact) mass is 472 g/mol. The molecule has 1 aromatic carbocycles. The van der Waals surface area contributed by atoms with Gasteiger partial charge in [-0.05, 0) is 44.0 Å². The van der Waals surface area contributed by atoms with Gasteiger partial charge in [-0.3, -0.25) is 4.79 Å². The molecule has 4 heterocycles. The number of amides is 1. The van der Waals surface area contributed by atoms with Crippen molar-refractivity contribution in [1.29, 1.82) is 0 Å². The zero-order chi connectivity index (χ0) is 24.2. The van der Waals surface area contributed by atoms with Gasteiger partial charge >= 0.3 is 0 Å². The number of carbonyl (C=O) groups is 1. The van der Waals surface area contributed by atoms with E-state index in [-0.39, 0.29) is 11.8 Å². The number of imidazole rings is 1. The molecule has 3 aromatic rings. The van der Waals surface area contributed by atoms with Crippen molar-refractivity contribution >= 4 is 5.91 Å². The highest BCUT2D eigenvalue weighted by atomic mass is 16.5. The highest BCUT2D eigenvalue weighted by Gasteiger charge is 2.28. The van der Waals surface area contributed by atoms with E-state index in [0.29, 0.717) is 44.4 Å². The van der Waals surface area contributed by atoms with Crippen LogP contribution in [0.5, 0.6) is 0 Å². The van der Waals surface area contributed by atoms with Crippen LogP contribution in [0.2, 0.25) is 0 Å². The molecule has 35 heavy (non-hydrogen) atoms. The Kier molecular flexibility index (Phi) is 6.80. The van der Waals surface area contributed by atoms with E-state index < -0.39 is 6.10 Å². The molecule has 0 radical (unpaired) electrons. The molecular weight excluding hydrogens is 444 g/mol. The second-order valence-corrected chi connectivity index (χ2v) is 8.92. The summed E-state index contributed by atoms with van der Waals surface area (Å²) in [6.07, 6.45) is 6.48. The summed E-state index contributed by atoms with van der Waals surface area (Å²) in [5.41, 5.74) is 3.64. The van der Waals surface area contributed by atoms with Crippen LogP contribution in [0, 0.1) is 17.8 Å². The molecule has 8 nitrogen and oxygen atoms in total. The van der Waals surface area contributed by atoms with Crippen LogP contribution >= 0.6 is 0 Å². The number of aliphatic hydroxyl groups excluding tert-OH is 1. The molecule has 2 aliphatic rings. The zero-order valence-corrected chi connectivity index (χ0v) is 19.7. The maximum Gasteiger partial charge on any atom is 0.228 e. The highest BCUT2D eigenvalue weighted by molar-refractivity contribution is 5.79. The predicted octanol–water partition coefficient (Wildman–Crippen LogP) is 3.19. The molecule has 0 aliphatic carbocycles. The summed E-state index contributed by atoms with van der Waals surface area (Å²) in [5, 5.41) is 14.0. The summed E-state index contributed by atoms with van der Waals surface area (Å²) in [6, 6.07) is 9.75. The largest absolute Gasteiger partial charge is 0.385 e. The number of aliphatic hydroxyl groups is 1. The average Bonchev–Trinajstić information content (AvgIpc) is 3.66. The lowest BCUT2D eigenvalue weighted by atomic mass is 10.0. The van der Waals surface area contributed by atoms with Crippen LogP contribution in [0.25, 0.3) is 11.3 Å². The Bertz CT molecular complexity index is 1270. The Morgan fingerprint density at radius 2 is 2.14 bits per heavy atom. The Morgan fingerprint density at radius 3 is 2.86 bits per heavy atom. The number of rotatable bonds is 5. The van der Waals surface area contributed by atoms with Gasteiger partial charge in [-0.25, -0.2) is 4.98 Å². The SMILES string of the molecule is C[C@H](O)c1nccn1Cc1cc(-c2ccc(C#CC3=CCN(C(=O)C4CCOC4)CC3)cc2)on1. The van der Waals surface area contributed by atoms with Crippen molar-refractivity contribution in [2.24, 2.45) is 5.92 Å². The van der Waals surface area contributed by atoms with E-state index in [0.717, 1.165) is 35.2 Å². The van der Waals surface area contributed by atoms with Crippen molar-refractivity contribution in [2.45, 2.75) is 32.4 Å². The van der Waals surface area contributed by atoms with Gasteiger partial charge < -0.3 is 23.8 Å². The molecule has 1 fully saturated rings. The van der Waals surface area contributed by atoms with Crippen molar-refractivity contribution in [1.82, 2.24) is 19.6 Å². The molecule has 0 saturated carbocycles. The number of ether oxygens (including phenoxy) is 1. The third kappa shape index (κ3) is 5.37. The topological polar surface area (TPSA) is 93.6 Å². The first-order chi connectivity index (χ1) is 17.1. The van der Waals surface area contributed by atoms with Gasteiger partial charge in [0.25, 0.3) is 0 Å². The first-order valence-corrected chi connectivity index (χ1v) is 11.9. The third-order valence-electron chi connectivity index (χ3n) is 6.35. The van der Waals surface area contributed by atoms with Crippen LogP contribution in [0.15, 0.2) is 58.9 Å². The van der Waals surface area contributed by atoms with Crippen LogP contribution in [-0.2, 0) is 16.1 Å². The van der Waals surface area contributed by atoms with Crippen LogP contribution in [0.4, 0.5) is 0 Å². The van der Waals surface area contributed by atoms with Gasteiger partial charge in [-0.15, -0.1) is 0 Å². The fourth-order valence-corrected chi connectivity index (χ4v) is 4.36. The normalized spacial score (nSPS) is 18.6. The maximum absolute atomic E-state index is 12.5. The Hall–Kier alpha value is -3.67. The fourth-order valence-electron chi connectivity index (χ4n) is 4.36. The molecule has 5 rings (SSSR count). The molecule has 1 amide bonds. The second kappa shape index (κ2) is 10.3. The summed E-state index contributed by atoms with van der Waals surface area (Å²) in [7, 11) is 0. The van der Waals surface area contributed by atoms with E-state index >= 15 is 0 Å². The lowest BCUT2D eigenvalue weighted by Crippen LogP contribution is -2.39. The lowest BCUT2D eigenvalue weighted by Gasteiger charge is -2.27. The van der Waals surface area contributed by atoms with E-state index in [9.17, 15) is 9.90 Å². The van der Waals surface area contributed by atoms with E-state index in [1.165, 1.54) is 0 Å². The maximum atomic E-state index is 12.5. The Morgan fingerprint density at radius 1 is 1.29 bits per heavy atom. The van der Waals surface area contributed by atoms with Crippen molar-refractivity contribution in [3.8, 4) is 23.2 Å². The number of hydrogen-bond acceptors (Lipinski definition) is 6. The molecule has 8 heteroatoms. The van der Waals surface area contributed by atoms with Gasteiger partial charge in [0.2, 0.25) is 5.91 Å². The van der Waals surface area contributed by atoms with E-state index in [2.05, 4.69) is 28.1 Å². The van der Waals surface area contributed by atoms with E-state index in [1.54, 1.807) is 13.1 Å². The van der Waals surface area contributed by atoms with Gasteiger partial charge in [-0.1, -0.05) is 23.1 Å². The fraction of sp³-hybridized carbons (Fsp3) is 0.370. The number of benzene rings is 1. The van der Waals surface area contributed by atoms with Crippen molar-refractivity contribution in [3.63, 3.8) is 0 Å². The standard InChI is InChI=1S/C27H28N4O4/c1-19(32)26-28-11-14-31(26)17-24-16-25(35-29-24)22-6-4-20(5-7-22)2-3-21-8-12-30(13-9-21)27(33)23-10-15-34-18-23/h4-8,11,14,16,19,23,32H,9-10,12-13,15,17-18H2,1H3/t19-,23?/m0/s1. The summed E-state index contributed by atoms with van der Waals surface area (Å²) in [4.78, 5) is 18.6. The Labute approximate surface area is 204 Å². The van der Waals surface area contributed by atoms with Crippen LogP contribution in [-0.4, -0.2) is 56.9 Å². The van der Waals surface area contributed by atoms with Gasteiger partial charge in [0.05, 0.1) is 19.1 Å². The molecule has 2 atom stereocenters. The summed E-state index contributed by atoms with van der Waals surface area (Å²) >= 11 is 0. The lowest BCUT2D eigenvalue weighted by molar-refractivity contribution is -0.135. The summed E-state index contributed by atoms with van der Waals surface area (Å²) in [6.45, 7) is 4.71. The summed E-state index contributed by atoms with van der Waals surface area (Å²) in [5.74, 6) is 7.95. The molecular formula is C27H28N4O4. The Balaban J connectivity index is 1.19. The summed E-state index contributed by atoms with van der Waals surface area (Å²) < 4.78 is 12.7. The first kappa shape index (κ1) is 23.1. The quantitative estimate of drug-likeness (QED) is 0.574. The molecule has 2 aromatic heterocycles. The van der Waals surface area contributed by atoms with Crippen molar-refractivity contribution in [2.75, 3.05) is 26.3 Å². The van der Waals surface area contributed by atoms with Gasteiger partial charge in [0, 0.05) is 54.9 Å². The van der Waals surface area contributed by atoms with E-state index in [4.69, 9.17) is 9.26 Å². The number of hydrogen-bond donors (Lipinski definition) is 1. The second-order valence-electron chi connectivity index (χ2n) is 8.92. The van der Waals surface area contributed by atoms with E-state index in [1.807, 2.05) is 46.0 Å². The molecule has 2 aliphatic heterocycles. The first-order valence-electron chi connectivity index (χ1n) is 11.9. The average molecular weight is 473 g/mol. The third-order valence-corrected chi connectivity index (χ3v) is 6.35. The smallest absolute Gasteiger partial charge is 0.228 e. The highest BCUT2D eigenvalue weighted by Crippen LogP contribution is 2.22. The van der Waals surface area contributed by atoms with Crippen LogP contribution < -0.4 is 0 Å². The van der Waals surface area contributed by atoms with Gasteiger partial charge in [0.15, 0.2) is 5.76 Å². The minimum atomic E-state index is -0.650. The number of aromatic nitrogens is 3. The van der Waals surface area contributed by atoms with Crippen LogP contribution in [0.3, 0.4) is 0 Å². The molecule has 1 N–H and O–H groups in total. The molecule has 0 spiro atoms. The molecule has 0 bridgehead atoms. The molecule has 1 unspecified atom stereocenters. The van der Waals surface area contributed by atoms with Crippen molar-refractivity contribution < 1.29 is 19.2 Å². The van der Waals surface area contributed by atoms with Gasteiger partial charge in [0.1, 0.15) is 17.6 Å².